The second-order valence-electron chi connectivity index (χ2n) is 3.98. The Morgan fingerprint density at radius 2 is 2.05 bits per heavy atom. The van der Waals surface area contributed by atoms with E-state index in [4.69, 9.17) is 16.1 Å². The lowest BCUT2D eigenvalue weighted by Crippen LogP contribution is -1.79. The maximum Gasteiger partial charge on any atom is 0.269 e. The van der Waals surface area contributed by atoms with Crippen molar-refractivity contribution in [3.63, 3.8) is 0 Å². The second kappa shape index (κ2) is 5.91. The van der Waals surface area contributed by atoms with Gasteiger partial charge in [0.1, 0.15) is 5.03 Å². The molecule has 0 bridgehead atoms. The molecule has 2 aromatic heterocycles. The normalized spacial score (nSPS) is 11.8. The summed E-state index contributed by atoms with van der Waals surface area (Å²) in [5.41, 5.74) is 1.89. The number of halogens is 2. The Morgan fingerprint density at radius 1 is 1.25 bits per heavy atom. The molecule has 0 radical (unpaired) electrons. The first-order valence-corrected chi connectivity index (χ1v) is 7.83. The van der Waals surface area contributed by atoms with Gasteiger partial charge >= 0.3 is 0 Å². The van der Waals surface area contributed by atoms with Crippen LogP contribution >= 0.6 is 38.9 Å². The topological polar surface area (TPSA) is 38.9 Å². The first kappa shape index (κ1) is 13.5. The number of rotatable bonds is 3. The van der Waals surface area contributed by atoms with Gasteiger partial charge in [0.15, 0.2) is 0 Å². The van der Waals surface area contributed by atoms with Crippen molar-refractivity contribution in [2.75, 3.05) is 0 Å². The van der Waals surface area contributed by atoms with Gasteiger partial charge in [-0.3, -0.25) is 0 Å². The van der Waals surface area contributed by atoms with Gasteiger partial charge in [-0.1, -0.05) is 44.8 Å². The Hall–Kier alpha value is -1.43. The quantitative estimate of drug-likeness (QED) is 0.630. The minimum atomic E-state index is 0.316. The van der Waals surface area contributed by atoms with E-state index in [1.54, 1.807) is 17.4 Å². The zero-order chi connectivity index (χ0) is 13.9. The van der Waals surface area contributed by atoms with Gasteiger partial charge in [0.2, 0.25) is 5.82 Å². The summed E-state index contributed by atoms with van der Waals surface area (Å²) >= 11 is 11.2. The first-order valence-electron chi connectivity index (χ1n) is 5.72. The minimum Gasteiger partial charge on any atom is -0.333 e. The van der Waals surface area contributed by atoms with Crippen LogP contribution < -0.4 is 0 Å². The standard InChI is InChI=1S/C14H8BrClN2OS/c15-11-3-1-9(2-4-11)7-12(16)14-17-13(18-19-14)10-5-6-20-8-10/h1-8H. The van der Waals surface area contributed by atoms with Crippen LogP contribution in [0.5, 0.6) is 0 Å². The van der Waals surface area contributed by atoms with Crippen molar-refractivity contribution in [2.24, 2.45) is 0 Å². The fourth-order valence-electron chi connectivity index (χ4n) is 1.60. The highest BCUT2D eigenvalue weighted by molar-refractivity contribution is 9.10. The van der Waals surface area contributed by atoms with Crippen LogP contribution in [0, 0.1) is 0 Å². The largest absolute Gasteiger partial charge is 0.333 e. The lowest BCUT2D eigenvalue weighted by molar-refractivity contribution is 0.410. The molecular weight excluding hydrogens is 360 g/mol. The average molecular weight is 368 g/mol. The van der Waals surface area contributed by atoms with E-state index < -0.39 is 0 Å². The third-order valence-corrected chi connectivity index (χ3v) is 4.06. The predicted octanol–water partition coefficient (Wildman–Crippen LogP) is 5.30. The zero-order valence-electron chi connectivity index (χ0n) is 10.1. The zero-order valence-corrected chi connectivity index (χ0v) is 13.2. The summed E-state index contributed by atoms with van der Waals surface area (Å²) in [4.78, 5) is 4.29. The fourth-order valence-corrected chi connectivity index (χ4v) is 2.70. The molecule has 0 saturated heterocycles. The van der Waals surface area contributed by atoms with Crippen LogP contribution in [0.3, 0.4) is 0 Å². The molecule has 3 nitrogen and oxygen atoms in total. The van der Waals surface area contributed by atoms with Crippen molar-refractivity contribution in [1.82, 2.24) is 10.1 Å². The van der Waals surface area contributed by atoms with Gasteiger partial charge in [0.25, 0.3) is 5.89 Å². The molecule has 0 fully saturated rings. The van der Waals surface area contributed by atoms with Gasteiger partial charge < -0.3 is 4.52 Å². The summed E-state index contributed by atoms with van der Waals surface area (Å²) in [6, 6.07) is 9.72. The molecule has 0 atom stereocenters. The molecule has 20 heavy (non-hydrogen) atoms. The number of aromatic nitrogens is 2. The van der Waals surface area contributed by atoms with Crippen molar-refractivity contribution in [3.05, 3.63) is 57.0 Å². The van der Waals surface area contributed by atoms with Crippen molar-refractivity contribution >= 4 is 50.0 Å². The van der Waals surface area contributed by atoms with Gasteiger partial charge in [-0.25, -0.2) is 0 Å². The summed E-state index contributed by atoms with van der Waals surface area (Å²) in [5.74, 6) is 0.861. The molecule has 1 aromatic carbocycles. The number of thiophene rings is 1. The molecule has 0 unspecified atom stereocenters. The summed E-state index contributed by atoms with van der Waals surface area (Å²) < 4.78 is 6.20. The summed E-state index contributed by atoms with van der Waals surface area (Å²) in [6.45, 7) is 0. The van der Waals surface area contributed by atoms with E-state index in [1.807, 2.05) is 41.1 Å². The smallest absolute Gasteiger partial charge is 0.269 e. The van der Waals surface area contributed by atoms with Gasteiger partial charge in [-0.2, -0.15) is 16.3 Å². The van der Waals surface area contributed by atoms with E-state index in [0.717, 1.165) is 15.6 Å². The van der Waals surface area contributed by atoms with Gasteiger partial charge in [-0.05, 0) is 35.2 Å². The van der Waals surface area contributed by atoms with E-state index in [1.165, 1.54) is 0 Å². The summed E-state index contributed by atoms with van der Waals surface area (Å²) in [6.07, 6.45) is 1.79. The van der Waals surface area contributed by atoms with Crippen LogP contribution in [0.4, 0.5) is 0 Å². The molecular formula is C14H8BrClN2OS. The molecule has 3 rings (SSSR count). The van der Waals surface area contributed by atoms with Crippen LogP contribution in [-0.2, 0) is 0 Å². The van der Waals surface area contributed by atoms with E-state index in [-0.39, 0.29) is 0 Å². The lowest BCUT2D eigenvalue weighted by atomic mass is 10.2. The lowest BCUT2D eigenvalue weighted by Gasteiger charge is -1.95. The van der Waals surface area contributed by atoms with Crippen molar-refractivity contribution in [2.45, 2.75) is 0 Å². The average Bonchev–Trinajstić information content (AvgIpc) is 3.11. The van der Waals surface area contributed by atoms with Gasteiger partial charge in [0, 0.05) is 15.4 Å². The monoisotopic (exact) mass is 366 g/mol. The minimum absolute atomic E-state index is 0.316. The molecule has 0 spiro atoms. The van der Waals surface area contributed by atoms with E-state index >= 15 is 0 Å². The molecule has 100 valence electrons. The fraction of sp³-hybridized carbons (Fsp3) is 0. The molecule has 0 saturated carbocycles. The van der Waals surface area contributed by atoms with Gasteiger partial charge in [-0.15, -0.1) is 0 Å². The van der Waals surface area contributed by atoms with Crippen molar-refractivity contribution in [1.29, 1.82) is 0 Å². The van der Waals surface area contributed by atoms with Crippen LogP contribution in [0.2, 0.25) is 0 Å². The number of hydrogen-bond acceptors (Lipinski definition) is 4. The van der Waals surface area contributed by atoms with Crippen LogP contribution in [0.15, 0.2) is 50.1 Å². The molecule has 3 aromatic rings. The Balaban J connectivity index is 1.87. The number of hydrogen-bond donors (Lipinski definition) is 0. The molecule has 6 heteroatoms. The Morgan fingerprint density at radius 3 is 2.75 bits per heavy atom. The summed E-state index contributed by atoms with van der Waals surface area (Å²) in [7, 11) is 0. The highest BCUT2D eigenvalue weighted by Gasteiger charge is 2.11. The number of benzene rings is 1. The van der Waals surface area contributed by atoms with Crippen LogP contribution in [0.25, 0.3) is 22.5 Å². The predicted molar refractivity (Wildman–Crippen MR) is 85.5 cm³/mol. The summed E-state index contributed by atoms with van der Waals surface area (Å²) in [5, 5.41) is 8.26. The molecule has 2 heterocycles. The van der Waals surface area contributed by atoms with Crippen molar-refractivity contribution < 1.29 is 4.52 Å². The molecule has 0 aliphatic rings. The van der Waals surface area contributed by atoms with E-state index in [9.17, 15) is 0 Å². The Kier molecular flexibility index (Phi) is 4.00. The number of nitrogens with zero attached hydrogens (tertiary/aromatic N) is 2. The third-order valence-electron chi connectivity index (χ3n) is 2.57. The first-order chi connectivity index (χ1) is 9.72. The van der Waals surface area contributed by atoms with E-state index in [2.05, 4.69) is 26.1 Å². The maximum absolute atomic E-state index is 6.21. The Labute approximate surface area is 133 Å². The second-order valence-corrected chi connectivity index (χ2v) is 6.08. The molecule has 0 aliphatic heterocycles. The molecule has 0 aliphatic carbocycles. The molecule has 0 N–H and O–H groups in total. The highest BCUT2D eigenvalue weighted by Crippen LogP contribution is 2.25. The van der Waals surface area contributed by atoms with Gasteiger partial charge in [0.05, 0.1) is 0 Å². The SMILES string of the molecule is ClC(=Cc1ccc(Br)cc1)c1nc(-c2ccsc2)no1. The third kappa shape index (κ3) is 3.00. The maximum atomic E-state index is 6.21. The van der Waals surface area contributed by atoms with E-state index in [0.29, 0.717) is 16.7 Å². The molecule has 0 amide bonds. The van der Waals surface area contributed by atoms with Crippen molar-refractivity contribution in [3.8, 4) is 11.4 Å². The Bertz CT molecular complexity index is 735. The van der Waals surface area contributed by atoms with Crippen LogP contribution in [0.1, 0.15) is 11.5 Å². The van der Waals surface area contributed by atoms with Crippen LogP contribution in [-0.4, -0.2) is 10.1 Å². The highest BCUT2D eigenvalue weighted by atomic mass is 79.9.